The number of carbonyl (C=O) groups is 2. The van der Waals surface area contributed by atoms with E-state index in [1.54, 1.807) is 24.3 Å². The molecule has 2 heterocycles. The third-order valence-electron chi connectivity index (χ3n) is 7.20. The molecule has 4 atom stereocenters. The molecule has 0 bridgehead atoms. The van der Waals surface area contributed by atoms with E-state index in [2.05, 4.69) is 4.98 Å². The fraction of sp³-hybridized carbons (Fsp3) is 0.296. The Hall–Kier alpha value is -3.85. The topological polar surface area (TPSA) is 104 Å². The van der Waals surface area contributed by atoms with E-state index in [1.165, 1.54) is 27.4 Å². The van der Waals surface area contributed by atoms with Crippen molar-refractivity contribution in [2.24, 2.45) is 5.92 Å². The highest BCUT2D eigenvalue weighted by Crippen LogP contribution is 2.68. The van der Waals surface area contributed by atoms with Gasteiger partial charge in [-0.1, -0.05) is 66.9 Å². The number of aliphatic hydroxyl groups is 1. The summed E-state index contributed by atoms with van der Waals surface area (Å²) in [5, 5.41) is 12.6. The van der Waals surface area contributed by atoms with Gasteiger partial charge in [-0.15, -0.1) is 0 Å². The molecule has 1 aromatic heterocycles. The van der Waals surface area contributed by atoms with Gasteiger partial charge in [-0.3, -0.25) is 9.59 Å². The zero-order chi connectivity index (χ0) is 25.7. The Morgan fingerprint density at radius 2 is 1.75 bits per heavy atom. The maximum atomic E-state index is 14.2. The Morgan fingerprint density at radius 1 is 1.06 bits per heavy atom. The second-order valence-corrected chi connectivity index (χ2v) is 8.76. The summed E-state index contributed by atoms with van der Waals surface area (Å²) in [6, 6.07) is 17.9. The van der Waals surface area contributed by atoms with Gasteiger partial charge >= 0.3 is 5.97 Å². The first kappa shape index (κ1) is 23.9. The number of fused-ring (bicyclic) bond motifs is 3. The van der Waals surface area contributed by atoms with E-state index in [4.69, 9.17) is 18.9 Å². The molecule has 9 heteroatoms. The second-order valence-electron chi connectivity index (χ2n) is 8.76. The first-order valence-corrected chi connectivity index (χ1v) is 11.5. The van der Waals surface area contributed by atoms with Gasteiger partial charge < -0.3 is 24.1 Å². The van der Waals surface area contributed by atoms with Crippen LogP contribution in [-0.2, 0) is 25.5 Å². The van der Waals surface area contributed by atoms with Gasteiger partial charge in [0.05, 0.1) is 27.2 Å². The Bertz CT molecular complexity index is 1330. The van der Waals surface area contributed by atoms with Crippen LogP contribution in [-0.4, -0.2) is 50.5 Å². The van der Waals surface area contributed by atoms with E-state index in [1.807, 2.05) is 44.4 Å². The van der Waals surface area contributed by atoms with Gasteiger partial charge in [-0.25, -0.2) is 0 Å². The maximum absolute atomic E-state index is 14.2. The highest BCUT2D eigenvalue weighted by molar-refractivity contribution is 6.51. The van der Waals surface area contributed by atoms with E-state index >= 15 is 0 Å². The first-order chi connectivity index (χ1) is 17.4. The number of hydrogen-bond acceptors (Lipinski definition) is 8. The molecule has 1 N–H and O–H groups in total. The third-order valence-corrected chi connectivity index (χ3v) is 7.20. The molecule has 1 fully saturated rings. The van der Waals surface area contributed by atoms with E-state index in [0.717, 1.165) is 5.46 Å². The van der Waals surface area contributed by atoms with Gasteiger partial charge in [0.1, 0.15) is 24.5 Å². The smallest absolute Gasteiger partial charge is 0.317 e. The molecular formula is C27H25BNO7. The number of pyridine rings is 1. The molecule has 3 aromatic rings. The lowest BCUT2D eigenvalue weighted by molar-refractivity contribution is -0.155. The van der Waals surface area contributed by atoms with Gasteiger partial charge in [0.2, 0.25) is 17.4 Å². The van der Waals surface area contributed by atoms with Crippen LogP contribution in [0.25, 0.3) is 0 Å². The lowest BCUT2D eigenvalue weighted by Crippen LogP contribution is -2.51. The highest BCUT2D eigenvalue weighted by Gasteiger charge is 2.79. The van der Waals surface area contributed by atoms with Crippen molar-refractivity contribution in [1.82, 2.24) is 4.98 Å². The van der Waals surface area contributed by atoms with Crippen molar-refractivity contribution in [3.05, 3.63) is 77.4 Å². The lowest BCUT2D eigenvalue weighted by Gasteiger charge is -2.39. The van der Waals surface area contributed by atoms with Crippen molar-refractivity contribution in [1.29, 1.82) is 0 Å². The van der Waals surface area contributed by atoms with Crippen molar-refractivity contribution in [2.75, 3.05) is 21.3 Å². The predicted octanol–water partition coefficient (Wildman–Crippen LogP) is 2.11. The summed E-state index contributed by atoms with van der Waals surface area (Å²) >= 11 is 0. The Morgan fingerprint density at radius 3 is 2.33 bits per heavy atom. The monoisotopic (exact) mass is 486 g/mol. The molecule has 0 unspecified atom stereocenters. The van der Waals surface area contributed by atoms with E-state index in [0.29, 0.717) is 11.1 Å². The fourth-order valence-corrected chi connectivity index (χ4v) is 5.61. The summed E-state index contributed by atoms with van der Waals surface area (Å²) in [5.74, 6) is -3.45. The summed E-state index contributed by atoms with van der Waals surface area (Å²) in [4.78, 5) is 31.7. The van der Waals surface area contributed by atoms with Crippen LogP contribution in [0.1, 0.15) is 22.6 Å². The average molecular weight is 486 g/mol. The van der Waals surface area contributed by atoms with Gasteiger partial charge in [0.25, 0.3) is 0 Å². The molecule has 1 radical (unpaired) electrons. The molecule has 2 aliphatic rings. The molecule has 2 aromatic carbocycles. The minimum absolute atomic E-state index is 0.0297. The SMILES string of the molecule is C[B]c1ccc([C@@]23Oc4cc(OC)nc(OC)c4[C@]2(O)C(=O)[C@H](C(=O)OC)[C@H]3c2ccccc2)cc1. The quantitative estimate of drug-likeness (QED) is 0.321. The number of benzene rings is 2. The summed E-state index contributed by atoms with van der Waals surface area (Å²) < 4.78 is 22.5. The second kappa shape index (κ2) is 8.67. The number of hydrogen-bond donors (Lipinski definition) is 1. The molecule has 1 aliphatic carbocycles. The van der Waals surface area contributed by atoms with Crippen molar-refractivity contribution in [3.8, 4) is 17.5 Å². The fourth-order valence-electron chi connectivity index (χ4n) is 5.61. The minimum atomic E-state index is -2.32. The largest absolute Gasteiger partial charge is 0.481 e. The van der Waals surface area contributed by atoms with Crippen LogP contribution in [0, 0.1) is 5.92 Å². The van der Waals surface area contributed by atoms with Crippen LogP contribution < -0.4 is 19.7 Å². The van der Waals surface area contributed by atoms with Crippen LogP contribution in [0.15, 0.2) is 60.7 Å². The Labute approximate surface area is 209 Å². The zero-order valence-corrected chi connectivity index (χ0v) is 20.3. The third kappa shape index (κ3) is 3.02. The summed E-state index contributed by atoms with van der Waals surface area (Å²) in [7, 11) is 5.97. The number of rotatable bonds is 6. The molecule has 0 amide bonds. The number of aromatic nitrogens is 1. The van der Waals surface area contributed by atoms with Crippen LogP contribution in [0.5, 0.6) is 17.5 Å². The van der Waals surface area contributed by atoms with Crippen LogP contribution in [0.4, 0.5) is 0 Å². The number of esters is 1. The lowest BCUT2D eigenvalue weighted by atomic mass is 9.68. The number of Topliss-reactive ketones (excluding diaryl/α,β-unsaturated/α-hetero) is 1. The van der Waals surface area contributed by atoms with Gasteiger partial charge in [0, 0.05) is 6.07 Å². The normalized spacial score (nSPS) is 26.0. The Kier molecular flexibility index (Phi) is 5.75. The number of ether oxygens (including phenoxy) is 4. The predicted molar refractivity (Wildman–Crippen MR) is 131 cm³/mol. The molecule has 183 valence electrons. The minimum Gasteiger partial charge on any atom is -0.481 e. The number of ketones is 1. The average Bonchev–Trinajstić information content (AvgIpc) is 3.30. The molecule has 36 heavy (non-hydrogen) atoms. The van der Waals surface area contributed by atoms with E-state index in [-0.39, 0.29) is 23.1 Å². The molecular weight excluding hydrogens is 461 g/mol. The van der Waals surface area contributed by atoms with Crippen molar-refractivity contribution >= 4 is 24.5 Å². The first-order valence-electron chi connectivity index (χ1n) is 11.5. The van der Waals surface area contributed by atoms with Gasteiger partial charge in [0.15, 0.2) is 11.4 Å². The van der Waals surface area contributed by atoms with Gasteiger partial charge in [-0.05, 0) is 11.1 Å². The van der Waals surface area contributed by atoms with Crippen molar-refractivity contribution < 1.29 is 33.6 Å². The molecule has 0 saturated heterocycles. The molecule has 0 spiro atoms. The summed E-state index contributed by atoms with van der Waals surface area (Å²) in [6.07, 6.45) is 0. The maximum Gasteiger partial charge on any atom is 0.317 e. The zero-order valence-electron chi connectivity index (χ0n) is 20.3. The number of methoxy groups -OCH3 is 3. The Balaban J connectivity index is 1.89. The molecule has 8 nitrogen and oxygen atoms in total. The molecule has 5 rings (SSSR count). The van der Waals surface area contributed by atoms with E-state index in [9.17, 15) is 14.7 Å². The number of carbonyl (C=O) groups excluding carboxylic acids is 2. The summed E-state index contributed by atoms with van der Waals surface area (Å²) in [5.41, 5.74) is -1.89. The van der Waals surface area contributed by atoms with Crippen LogP contribution >= 0.6 is 0 Å². The standard InChI is InChI=1S/C27H25BNO7/c1-28-17-12-10-16(11-13-17)27-21(15-8-6-5-7-9-15)20(25(31)35-4)23(30)26(27,32)22-18(36-27)14-19(33-2)29-24(22)34-3/h5-14,20-21,32H,1-4H3/t20-,21-,26+,27+/m1/s1. The summed E-state index contributed by atoms with van der Waals surface area (Å²) in [6.45, 7) is 1.91. The van der Waals surface area contributed by atoms with Crippen LogP contribution in [0.2, 0.25) is 6.82 Å². The van der Waals surface area contributed by atoms with Crippen LogP contribution in [0.3, 0.4) is 0 Å². The van der Waals surface area contributed by atoms with Gasteiger partial charge in [-0.2, -0.15) is 4.98 Å². The van der Waals surface area contributed by atoms with Crippen molar-refractivity contribution in [2.45, 2.75) is 23.9 Å². The van der Waals surface area contributed by atoms with E-state index < -0.39 is 34.8 Å². The number of nitrogens with zero attached hydrogens (tertiary/aromatic N) is 1. The van der Waals surface area contributed by atoms with Crippen molar-refractivity contribution in [3.63, 3.8) is 0 Å². The highest BCUT2D eigenvalue weighted by atomic mass is 16.5. The molecule has 1 saturated carbocycles. The molecule has 1 aliphatic heterocycles.